The van der Waals surface area contributed by atoms with E-state index in [0.717, 1.165) is 0 Å². The second-order valence-corrected chi connectivity index (χ2v) is 12.1. The highest BCUT2D eigenvalue weighted by Gasteiger charge is 2.53. The van der Waals surface area contributed by atoms with Gasteiger partial charge in [0.2, 0.25) is 0 Å². The molecule has 2 aromatic heterocycles. The van der Waals surface area contributed by atoms with Crippen LogP contribution in [0.25, 0.3) is 11.3 Å². The monoisotopic (exact) mass is 590 g/mol. The summed E-state index contributed by atoms with van der Waals surface area (Å²) in [4.78, 5) is 12.2. The summed E-state index contributed by atoms with van der Waals surface area (Å²) < 4.78 is 66.0. The molecule has 1 aromatic carbocycles. The number of ether oxygens (including phenoxy) is 5. The molecule has 5 atom stereocenters. The molecule has 4 heterocycles. The van der Waals surface area contributed by atoms with Crippen molar-refractivity contribution in [3.8, 4) is 11.3 Å². The fourth-order valence-electron chi connectivity index (χ4n) is 5.18. The quantitative estimate of drug-likeness (QED) is 0.372. The van der Waals surface area contributed by atoms with E-state index in [4.69, 9.17) is 28.2 Å². The van der Waals surface area contributed by atoms with Crippen molar-refractivity contribution < 1.29 is 41.8 Å². The fraction of sp³-hybridized carbons (Fsp3) is 0.586. The predicted molar refractivity (Wildman–Crippen MR) is 143 cm³/mol. The average Bonchev–Trinajstić information content (AvgIpc) is 3.60. The Morgan fingerprint density at radius 3 is 2.67 bits per heavy atom. The molecule has 0 amide bonds. The molecule has 0 aliphatic carbocycles. The lowest BCUT2D eigenvalue weighted by molar-refractivity contribution is -0.350. The number of benzene rings is 1. The van der Waals surface area contributed by atoms with Crippen LogP contribution in [0.1, 0.15) is 57.7 Å². The summed E-state index contributed by atoms with van der Waals surface area (Å²) in [5.74, 6) is -2.83. The molecular weight excluding hydrogens is 554 g/mol. The van der Waals surface area contributed by atoms with E-state index in [0.29, 0.717) is 11.5 Å². The van der Waals surface area contributed by atoms with Crippen molar-refractivity contribution in [2.45, 2.75) is 89.6 Å². The number of aryl methyl sites for hydroxylation is 1. The fourth-order valence-corrected chi connectivity index (χ4v) is 5.18. The Balaban J connectivity index is 1.55. The van der Waals surface area contributed by atoms with E-state index in [1.54, 1.807) is 13.8 Å². The number of carbonyl (C=O) groups is 1. The zero-order valence-corrected chi connectivity index (χ0v) is 24.7. The van der Waals surface area contributed by atoms with Crippen molar-refractivity contribution in [1.29, 1.82) is 0 Å². The lowest BCUT2D eigenvalue weighted by atomic mass is 9.88. The third kappa shape index (κ3) is 6.10. The summed E-state index contributed by atoms with van der Waals surface area (Å²) in [6.45, 7) is 10.9. The van der Waals surface area contributed by atoms with Gasteiger partial charge in [-0.3, -0.25) is 0 Å². The number of nitrogens with zero attached hydrogens (tertiary/aromatic N) is 4. The number of hydrogen-bond donors (Lipinski definition) is 0. The normalized spacial score (nSPS) is 25.7. The van der Waals surface area contributed by atoms with Crippen LogP contribution < -0.4 is 0 Å². The Hall–Kier alpha value is -3.26. The zero-order chi connectivity index (χ0) is 30.4. The van der Waals surface area contributed by atoms with E-state index in [1.807, 2.05) is 26.8 Å². The number of fused-ring (bicyclic) bond motifs is 1. The number of methoxy groups -OCH3 is 1. The van der Waals surface area contributed by atoms with Gasteiger partial charge in [0, 0.05) is 23.5 Å². The van der Waals surface area contributed by atoms with Gasteiger partial charge in [-0.05, 0) is 32.4 Å². The summed E-state index contributed by atoms with van der Waals surface area (Å²) in [5, 5.41) is 12.7. The molecule has 3 aromatic rings. The van der Waals surface area contributed by atoms with Crippen LogP contribution in [0.15, 0.2) is 28.9 Å². The SMILES string of the molecule is COC(=O)CO[C@@H]1[C@@H](n2cc(-c3ccc(C)c(F)c3F)nn2)[C@H]2OC(C)(C)OC[C@H]2O[C@@H]1Cc1cc(C(C)(C)C)on1. The molecule has 0 unspecified atom stereocenters. The average molecular weight is 591 g/mol. The van der Waals surface area contributed by atoms with E-state index in [1.165, 1.54) is 37.0 Å². The first-order valence-corrected chi connectivity index (χ1v) is 13.8. The summed E-state index contributed by atoms with van der Waals surface area (Å²) in [7, 11) is 1.26. The van der Waals surface area contributed by atoms with Gasteiger partial charge in [-0.25, -0.2) is 18.3 Å². The van der Waals surface area contributed by atoms with E-state index in [-0.39, 0.29) is 41.9 Å². The van der Waals surface area contributed by atoms with Crippen molar-refractivity contribution in [2.24, 2.45) is 0 Å². The molecular formula is C29H36F2N4O7. The second kappa shape index (κ2) is 11.4. The van der Waals surface area contributed by atoms with E-state index in [2.05, 4.69) is 15.5 Å². The lowest BCUT2D eigenvalue weighted by Crippen LogP contribution is -2.63. The number of rotatable bonds is 7. The van der Waals surface area contributed by atoms with Crippen LogP contribution >= 0.6 is 0 Å². The van der Waals surface area contributed by atoms with Crippen molar-refractivity contribution in [3.05, 3.63) is 53.0 Å². The van der Waals surface area contributed by atoms with Gasteiger partial charge in [-0.2, -0.15) is 0 Å². The topological polar surface area (TPSA) is 120 Å². The van der Waals surface area contributed by atoms with Gasteiger partial charge in [0.1, 0.15) is 42.4 Å². The van der Waals surface area contributed by atoms with E-state index in [9.17, 15) is 13.6 Å². The molecule has 0 N–H and O–H groups in total. The van der Waals surface area contributed by atoms with Gasteiger partial charge >= 0.3 is 5.97 Å². The highest BCUT2D eigenvalue weighted by Crippen LogP contribution is 2.41. The summed E-state index contributed by atoms with van der Waals surface area (Å²) in [5.41, 5.74) is 0.627. The van der Waals surface area contributed by atoms with Crippen LogP contribution in [0, 0.1) is 18.6 Å². The Labute approximate surface area is 242 Å². The van der Waals surface area contributed by atoms with Gasteiger partial charge in [0.05, 0.1) is 31.7 Å². The first-order chi connectivity index (χ1) is 19.8. The van der Waals surface area contributed by atoms with Gasteiger partial charge in [-0.1, -0.05) is 37.2 Å². The number of halogens is 2. The Kier molecular flexibility index (Phi) is 8.23. The minimum atomic E-state index is -1.02. The Bertz CT molecular complexity index is 1430. The van der Waals surface area contributed by atoms with E-state index >= 15 is 0 Å². The van der Waals surface area contributed by atoms with Crippen molar-refractivity contribution in [3.63, 3.8) is 0 Å². The molecule has 42 heavy (non-hydrogen) atoms. The third-order valence-electron chi connectivity index (χ3n) is 7.47. The second-order valence-electron chi connectivity index (χ2n) is 12.1. The molecule has 11 nitrogen and oxygen atoms in total. The molecule has 2 aliphatic heterocycles. The van der Waals surface area contributed by atoms with E-state index < -0.39 is 53.8 Å². The summed E-state index contributed by atoms with van der Waals surface area (Å²) in [6.07, 6.45) is -0.929. The van der Waals surface area contributed by atoms with Crippen LogP contribution in [0.2, 0.25) is 0 Å². The minimum absolute atomic E-state index is 0.0397. The number of esters is 1. The lowest BCUT2D eigenvalue weighted by Gasteiger charge is -2.51. The molecule has 228 valence electrons. The highest BCUT2D eigenvalue weighted by atomic mass is 19.2. The third-order valence-corrected chi connectivity index (χ3v) is 7.47. The van der Waals surface area contributed by atoms with Crippen molar-refractivity contribution in [1.82, 2.24) is 20.2 Å². The first kappa shape index (κ1) is 30.2. The zero-order valence-electron chi connectivity index (χ0n) is 24.7. The molecule has 2 saturated heterocycles. The van der Waals surface area contributed by atoms with Gasteiger partial charge < -0.3 is 28.2 Å². The van der Waals surface area contributed by atoms with Crippen LogP contribution in [-0.2, 0) is 40.3 Å². The number of hydrogen-bond acceptors (Lipinski definition) is 10. The predicted octanol–water partition coefficient (Wildman–Crippen LogP) is 4.08. The van der Waals surface area contributed by atoms with Crippen LogP contribution in [0.5, 0.6) is 0 Å². The largest absolute Gasteiger partial charge is 0.467 e. The first-order valence-electron chi connectivity index (χ1n) is 13.8. The van der Waals surface area contributed by atoms with Crippen LogP contribution in [-0.4, -0.2) is 76.6 Å². The van der Waals surface area contributed by atoms with Gasteiger partial charge in [-0.15, -0.1) is 5.10 Å². The van der Waals surface area contributed by atoms with Crippen molar-refractivity contribution in [2.75, 3.05) is 20.3 Å². The summed E-state index contributed by atoms with van der Waals surface area (Å²) in [6, 6.07) is 4.08. The minimum Gasteiger partial charge on any atom is -0.467 e. The summed E-state index contributed by atoms with van der Waals surface area (Å²) >= 11 is 0. The standard InChI is InChI=1S/C29H36F2N4O7/c1-15-8-9-17(24(31)23(15)30)18-12-35(34-32-18)25-26(38-14-22(36)37-7)19(10-16-11-21(42-33-16)28(2,3)4)40-20-13-39-29(5,6)41-27(20)25/h8-9,11-12,19-20,25-27H,10,13-14H2,1-7H3/t19-,20-,25-,26+,27+/m1/s1. The number of carbonyl (C=O) groups excluding carboxylic acids is 1. The number of aromatic nitrogens is 4. The maximum Gasteiger partial charge on any atom is 0.331 e. The molecule has 0 spiro atoms. The molecule has 0 saturated carbocycles. The molecule has 2 aliphatic rings. The molecule has 13 heteroatoms. The smallest absolute Gasteiger partial charge is 0.331 e. The maximum absolute atomic E-state index is 14.9. The molecule has 0 bridgehead atoms. The Morgan fingerprint density at radius 1 is 1.21 bits per heavy atom. The highest BCUT2D eigenvalue weighted by molar-refractivity contribution is 5.70. The van der Waals surface area contributed by atoms with Gasteiger partial charge in [0.25, 0.3) is 0 Å². The maximum atomic E-state index is 14.9. The Morgan fingerprint density at radius 2 is 1.98 bits per heavy atom. The van der Waals surface area contributed by atoms with Crippen LogP contribution in [0.4, 0.5) is 8.78 Å². The molecule has 0 radical (unpaired) electrons. The van der Waals surface area contributed by atoms with Crippen LogP contribution in [0.3, 0.4) is 0 Å². The van der Waals surface area contributed by atoms with Crippen molar-refractivity contribution >= 4 is 5.97 Å². The molecule has 2 fully saturated rings. The van der Waals surface area contributed by atoms with Gasteiger partial charge in [0.15, 0.2) is 17.4 Å². The molecule has 5 rings (SSSR count).